The number of hydrogen-bond donors (Lipinski definition) is 1. The van der Waals surface area contributed by atoms with Crippen molar-refractivity contribution in [2.24, 2.45) is 0 Å². The average molecular weight is 501 g/mol. The van der Waals surface area contributed by atoms with E-state index >= 15 is 0 Å². The lowest BCUT2D eigenvalue weighted by atomic mass is 10.1. The van der Waals surface area contributed by atoms with Crippen molar-refractivity contribution >= 4 is 39.7 Å². The van der Waals surface area contributed by atoms with Crippen molar-refractivity contribution in [1.29, 1.82) is 0 Å². The number of rotatable bonds is 7. The Labute approximate surface area is 211 Å². The number of methoxy groups -OCH3 is 1. The van der Waals surface area contributed by atoms with E-state index in [-0.39, 0.29) is 11.5 Å². The maximum atomic E-state index is 13.4. The monoisotopic (exact) mass is 500 g/mol. The lowest BCUT2D eigenvalue weighted by Gasteiger charge is -2.17. The van der Waals surface area contributed by atoms with Gasteiger partial charge in [-0.1, -0.05) is 30.3 Å². The summed E-state index contributed by atoms with van der Waals surface area (Å²) in [7, 11) is 1.57. The Morgan fingerprint density at radius 2 is 1.83 bits per heavy atom. The first-order valence-corrected chi connectivity index (χ1v) is 12.3. The van der Waals surface area contributed by atoms with E-state index in [0.717, 1.165) is 21.3 Å². The summed E-state index contributed by atoms with van der Waals surface area (Å²) < 4.78 is 7.28. The molecule has 0 saturated heterocycles. The Bertz CT molecular complexity index is 1600. The zero-order valence-corrected chi connectivity index (χ0v) is 20.7. The van der Waals surface area contributed by atoms with Crippen LogP contribution in [0.5, 0.6) is 0 Å². The molecule has 0 unspecified atom stereocenters. The number of thiophene rings is 1. The van der Waals surface area contributed by atoms with Gasteiger partial charge in [-0.25, -0.2) is 4.79 Å². The molecular weight excluding hydrogens is 476 g/mol. The molecule has 1 aliphatic rings. The van der Waals surface area contributed by atoms with E-state index in [9.17, 15) is 19.5 Å². The topological polar surface area (TPSA) is 88.8 Å². The first-order chi connectivity index (χ1) is 17.4. The average Bonchev–Trinajstić information content (AvgIpc) is 3.48. The molecular formula is C28H24N2O5S. The molecule has 0 fully saturated rings. The number of carboxylic acid groups (broad SMARTS) is 1. The third-order valence-electron chi connectivity index (χ3n) is 6.39. The van der Waals surface area contributed by atoms with Crippen LogP contribution in [0, 0.1) is 0 Å². The minimum atomic E-state index is -1.25. The highest BCUT2D eigenvalue weighted by molar-refractivity contribution is 7.15. The number of ether oxygens (including phenoxy) is 1. The minimum Gasteiger partial charge on any atom is -0.499 e. The maximum absolute atomic E-state index is 13.4. The number of anilines is 1. The largest absolute Gasteiger partial charge is 0.499 e. The van der Waals surface area contributed by atoms with Gasteiger partial charge in [0.15, 0.2) is 0 Å². The van der Waals surface area contributed by atoms with Crippen LogP contribution in [0.1, 0.15) is 22.2 Å². The van der Waals surface area contributed by atoms with Crippen LogP contribution in [-0.2, 0) is 22.5 Å². The number of pyridine rings is 1. The summed E-state index contributed by atoms with van der Waals surface area (Å²) in [6.07, 6.45) is 3.39. The van der Waals surface area contributed by atoms with Gasteiger partial charge in [-0.2, -0.15) is 0 Å². The third kappa shape index (κ3) is 4.20. The van der Waals surface area contributed by atoms with Gasteiger partial charge in [0, 0.05) is 40.8 Å². The highest BCUT2D eigenvalue weighted by Gasteiger charge is 2.32. The number of benzene rings is 2. The second kappa shape index (κ2) is 9.47. The van der Waals surface area contributed by atoms with Crippen LogP contribution < -0.4 is 10.3 Å². The van der Waals surface area contributed by atoms with Gasteiger partial charge < -0.3 is 19.3 Å². The Morgan fingerprint density at radius 3 is 2.56 bits per heavy atom. The molecule has 0 aliphatic carbocycles. The fourth-order valence-electron chi connectivity index (χ4n) is 4.44. The summed E-state index contributed by atoms with van der Waals surface area (Å²) in [5.41, 5.74) is 0.942. The molecule has 2 aromatic carbocycles. The van der Waals surface area contributed by atoms with Crippen molar-refractivity contribution in [3.63, 3.8) is 0 Å². The number of aromatic carboxylic acids is 1. The summed E-state index contributed by atoms with van der Waals surface area (Å²) in [5, 5.41) is 11.6. The number of carbonyl (C=O) groups is 2. The van der Waals surface area contributed by atoms with Crippen molar-refractivity contribution in [1.82, 2.24) is 4.57 Å². The molecule has 1 aliphatic heterocycles. The molecule has 8 heteroatoms. The second-order valence-corrected chi connectivity index (χ2v) is 9.69. The Hall–Kier alpha value is -4.17. The summed E-state index contributed by atoms with van der Waals surface area (Å²) in [6, 6.07) is 17.6. The fraction of sp³-hybridized carbons (Fsp3) is 0.179. The van der Waals surface area contributed by atoms with Crippen LogP contribution in [-0.4, -0.2) is 35.2 Å². The van der Waals surface area contributed by atoms with E-state index in [4.69, 9.17) is 4.74 Å². The molecule has 5 rings (SSSR count). The number of nitrogens with zero attached hydrogens (tertiary/aromatic N) is 2. The number of hydrogen-bond acceptors (Lipinski definition) is 5. The van der Waals surface area contributed by atoms with Gasteiger partial charge in [-0.05, 0) is 42.0 Å². The highest BCUT2D eigenvalue weighted by atomic mass is 32.1. The van der Waals surface area contributed by atoms with E-state index < -0.39 is 11.4 Å². The number of carbonyl (C=O) groups excluding carboxylic acids is 1. The predicted molar refractivity (Wildman–Crippen MR) is 141 cm³/mol. The standard InChI is InChI=1S/C28H24N2O5S/c1-3-29-14-22(26(31)23(15-29)28(33)34)25-11-10-20(36-25)13-21-24(35-2)16-30(27(21)32)19-9-8-17-6-4-5-7-18(17)12-19/h4-12,14-15H,3,13,16H2,1-2H3,(H,33,34). The van der Waals surface area contributed by atoms with Crippen molar-refractivity contribution in [3.05, 3.63) is 99.0 Å². The number of carboxylic acids is 1. The van der Waals surface area contributed by atoms with Crippen molar-refractivity contribution in [2.75, 3.05) is 18.6 Å². The number of aryl methyl sites for hydroxylation is 1. The van der Waals surface area contributed by atoms with Crippen molar-refractivity contribution in [2.45, 2.75) is 19.9 Å². The quantitative estimate of drug-likeness (QED) is 0.388. The van der Waals surface area contributed by atoms with Crippen molar-refractivity contribution < 1.29 is 19.4 Å². The van der Waals surface area contributed by atoms with Crippen LogP contribution in [0.2, 0.25) is 0 Å². The molecule has 0 saturated carbocycles. The molecule has 0 atom stereocenters. The molecule has 7 nitrogen and oxygen atoms in total. The molecule has 4 aromatic rings. The van der Waals surface area contributed by atoms with Gasteiger partial charge in [0.1, 0.15) is 11.3 Å². The summed E-state index contributed by atoms with van der Waals surface area (Å²) in [6.45, 7) is 2.77. The maximum Gasteiger partial charge on any atom is 0.341 e. The molecule has 182 valence electrons. The minimum absolute atomic E-state index is 0.113. The van der Waals surface area contributed by atoms with Gasteiger partial charge in [-0.3, -0.25) is 9.59 Å². The lowest BCUT2D eigenvalue weighted by molar-refractivity contribution is -0.114. The summed E-state index contributed by atoms with van der Waals surface area (Å²) in [4.78, 5) is 41.0. The Balaban J connectivity index is 1.43. The SMILES string of the molecule is CCn1cc(C(=O)O)c(=O)c(-c2ccc(CC3=C(OC)CN(c4ccc5ccccc5c4)C3=O)s2)c1. The van der Waals surface area contributed by atoms with Crippen LogP contribution in [0.3, 0.4) is 0 Å². The van der Waals surface area contributed by atoms with E-state index in [2.05, 4.69) is 0 Å². The van der Waals surface area contributed by atoms with Gasteiger partial charge >= 0.3 is 5.97 Å². The smallest absolute Gasteiger partial charge is 0.341 e. The van der Waals surface area contributed by atoms with Gasteiger partial charge in [0.2, 0.25) is 5.43 Å². The van der Waals surface area contributed by atoms with Crippen molar-refractivity contribution in [3.8, 4) is 10.4 Å². The zero-order chi connectivity index (χ0) is 25.4. The van der Waals surface area contributed by atoms with Crippen LogP contribution >= 0.6 is 11.3 Å². The summed E-state index contributed by atoms with van der Waals surface area (Å²) >= 11 is 1.37. The Morgan fingerprint density at radius 1 is 1.06 bits per heavy atom. The zero-order valence-electron chi connectivity index (χ0n) is 19.9. The lowest BCUT2D eigenvalue weighted by Crippen LogP contribution is -2.27. The van der Waals surface area contributed by atoms with Gasteiger partial charge in [0.05, 0.1) is 24.8 Å². The molecule has 0 spiro atoms. The molecule has 1 N–H and O–H groups in total. The molecule has 3 heterocycles. The summed E-state index contributed by atoms with van der Waals surface area (Å²) in [5.74, 6) is -0.747. The highest BCUT2D eigenvalue weighted by Crippen LogP contribution is 2.33. The number of fused-ring (bicyclic) bond motifs is 1. The molecule has 36 heavy (non-hydrogen) atoms. The molecule has 0 bridgehead atoms. The van der Waals surface area contributed by atoms with E-state index in [1.807, 2.05) is 55.5 Å². The molecule has 0 radical (unpaired) electrons. The third-order valence-corrected chi connectivity index (χ3v) is 7.50. The number of amides is 1. The first kappa shape index (κ1) is 23.6. The predicted octanol–water partition coefficient (Wildman–Crippen LogP) is 4.94. The fourth-order valence-corrected chi connectivity index (χ4v) is 5.47. The van der Waals surface area contributed by atoms with Gasteiger partial charge in [0.25, 0.3) is 5.91 Å². The molecule has 2 aromatic heterocycles. The van der Waals surface area contributed by atoms with E-state index in [0.29, 0.717) is 41.3 Å². The van der Waals surface area contributed by atoms with E-state index in [1.54, 1.807) is 28.8 Å². The van der Waals surface area contributed by atoms with Gasteiger partial charge in [-0.15, -0.1) is 11.3 Å². The number of aromatic nitrogens is 1. The normalized spacial score (nSPS) is 13.6. The van der Waals surface area contributed by atoms with Crippen LogP contribution in [0.25, 0.3) is 21.2 Å². The van der Waals surface area contributed by atoms with Crippen LogP contribution in [0.4, 0.5) is 5.69 Å². The first-order valence-electron chi connectivity index (χ1n) is 11.5. The van der Waals surface area contributed by atoms with Crippen LogP contribution in [0.15, 0.2) is 83.1 Å². The van der Waals surface area contributed by atoms with E-state index in [1.165, 1.54) is 17.5 Å². The Kier molecular flexibility index (Phi) is 6.20. The second-order valence-electron chi connectivity index (χ2n) is 8.52. The molecule has 1 amide bonds.